The van der Waals surface area contributed by atoms with E-state index in [9.17, 15) is 74.6 Å². The van der Waals surface area contributed by atoms with Crippen LogP contribution in [0.5, 0.6) is 0 Å². The maximum atomic E-state index is 13.5. The summed E-state index contributed by atoms with van der Waals surface area (Å²) in [5.41, 5.74) is -6.62. The van der Waals surface area contributed by atoms with E-state index >= 15 is 0 Å². The lowest BCUT2D eigenvalue weighted by atomic mass is 9.90. The molecule has 31 heavy (non-hydrogen) atoms. The number of rotatable bonds is 9. The van der Waals surface area contributed by atoms with Gasteiger partial charge in [-0.25, -0.2) is 8.78 Å². The van der Waals surface area contributed by atoms with Gasteiger partial charge in [0.05, 0.1) is 0 Å². The van der Waals surface area contributed by atoms with Gasteiger partial charge in [-0.05, 0) is 6.55 Å². The second-order valence-electron chi connectivity index (χ2n) is 6.15. The van der Waals surface area contributed by atoms with Gasteiger partial charge in [0.2, 0.25) is 0 Å². The second kappa shape index (κ2) is 7.84. The first-order valence-electron chi connectivity index (χ1n) is 7.05. The van der Waals surface area contributed by atoms with Crippen LogP contribution in [0.25, 0.3) is 0 Å². The molecular weight excluding hydrogens is 554 g/mol. The van der Waals surface area contributed by atoms with Crippen molar-refractivity contribution >= 4 is 28.9 Å². The fourth-order valence-corrected chi connectivity index (χ4v) is 3.17. The Hall–Kier alpha value is -0.393. The number of alkyl halides is 17. The molecule has 0 aliphatic rings. The van der Waals surface area contributed by atoms with Gasteiger partial charge in [0.15, 0.2) is 0 Å². The van der Waals surface area contributed by atoms with E-state index in [1.165, 1.54) is 0 Å². The summed E-state index contributed by atoms with van der Waals surface area (Å²) in [7, 11) is 0. The molecule has 0 aromatic rings. The van der Waals surface area contributed by atoms with Gasteiger partial charge in [-0.3, -0.25) is 0 Å². The van der Waals surface area contributed by atoms with Gasteiger partial charge in [0.25, 0.3) is 0 Å². The Morgan fingerprint density at radius 2 is 0.774 bits per heavy atom. The third kappa shape index (κ3) is 4.66. The van der Waals surface area contributed by atoms with Gasteiger partial charge in [-0.1, -0.05) is 0 Å². The quantitative estimate of drug-likeness (QED) is 0.153. The SMILES string of the molecule is C[Si](Cl)(Cl)C(F)(F)C(F)(F)C(F)(F)C(F)(F)C(F)(F)C(F)(F)C(F)(F)CCC(F)(F)F. The van der Waals surface area contributed by atoms with Gasteiger partial charge in [-0.15, -0.1) is 22.2 Å². The first kappa shape index (κ1) is 30.6. The van der Waals surface area contributed by atoms with Crippen molar-refractivity contribution in [2.45, 2.75) is 66.6 Å². The molecule has 0 radical (unpaired) electrons. The molecule has 0 aliphatic carbocycles. The van der Waals surface area contributed by atoms with E-state index in [0.29, 0.717) is 0 Å². The van der Waals surface area contributed by atoms with E-state index in [1.807, 2.05) is 0 Å². The van der Waals surface area contributed by atoms with Gasteiger partial charge >= 0.3 is 54.0 Å². The van der Waals surface area contributed by atoms with E-state index in [4.69, 9.17) is 0 Å². The van der Waals surface area contributed by atoms with E-state index in [2.05, 4.69) is 22.2 Å². The van der Waals surface area contributed by atoms with Crippen LogP contribution in [0.1, 0.15) is 12.8 Å². The lowest BCUT2D eigenvalue weighted by molar-refractivity contribution is -0.436. The van der Waals surface area contributed by atoms with Crippen molar-refractivity contribution in [3.05, 3.63) is 0 Å². The van der Waals surface area contributed by atoms with E-state index in [1.54, 1.807) is 0 Å². The van der Waals surface area contributed by atoms with E-state index in [-0.39, 0.29) is 6.55 Å². The van der Waals surface area contributed by atoms with Crippen molar-refractivity contribution in [1.82, 2.24) is 0 Å². The average molecular weight is 561 g/mol. The zero-order valence-corrected chi connectivity index (χ0v) is 16.6. The molecule has 0 saturated carbocycles. The highest BCUT2D eigenvalue weighted by Gasteiger charge is 2.93. The van der Waals surface area contributed by atoms with Gasteiger partial charge in [0.1, 0.15) is 0 Å². The Kier molecular flexibility index (Phi) is 7.74. The number of hydrogen-bond acceptors (Lipinski definition) is 0. The Morgan fingerprint density at radius 1 is 0.484 bits per heavy atom. The van der Waals surface area contributed by atoms with Crippen LogP contribution in [0, 0.1) is 0 Å². The summed E-state index contributed by atoms with van der Waals surface area (Å²) >= 11 is 9.12. The summed E-state index contributed by atoms with van der Waals surface area (Å²) in [6.45, 7) is -6.32. The molecule has 0 aromatic carbocycles. The van der Waals surface area contributed by atoms with Crippen molar-refractivity contribution in [3.63, 3.8) is 0 Å². The Labute approximate surface area is 171 Å². The molecule has 0 unspecified atom stereocenters. The van der Waals surface area contributed by atoms with Crippen LogP contribution in [0.4, 0.5) is 74.6 Å². The molecule has 0 spiro atoms. The fourth-order valence-electron chi connectivity index (χ4n) is 1.75. The zero-order chi connectivity index (χ0) is 25.9. The smallest absolute Gasteiger partial charge is 0.201 e. The molecule has 0 heterocycles. The first-order valence-corrected chi connectivity index (χ1v) is 11.6. The predicted octanol–water partition coefficient (Wildman–Crippen LogP) is 7.86. The van der Waals surface area contributed by atoms with Crippen molar-refractivity contribution < 1.29 is 74.6 Å². The molecular formula is C11H7Cl2F17Si. The lowest BCUT2D eigenvalue weighted by Crippen LogP contribution is -2.75. The van der Waals surface area contributed by atoms with Crippen molar-refractivity contribution in [2.75, 3.05) is 0 Å². The minimum Gasteiger partial charge on any atom is -0.201 e. The van der Waals surface area contributed by atoms with Crippen LogP contribution < -0.4 is 0 Å². The third-order valence-electron chi connectivity index (χ3n) is 3.70. The van der Waals surface area contributed by atoms with Gasteiger partial charge < -0.3 is 0 Å². The molecule has 0 saturated heterocycles. The minimum absolute atomic E-state index is 0.281. The summed E-state index contributed by atoms with van der Waals surface area (Å²) in [6, 6.07) is 0. The lowest BCUT2D eigenvalue weighted by Gasteiger charge is -2.43. The first-order chi connectivity index (χ1) is 13.0. The molecule has 20 heteroatoms. The predicted molar refractivity (Wildman–Crippen MR) is 73.2 cm³/mol. The highest BCUT2D eigenvalue weighted by molar-refractivity contribution is 7.46. The number of hydrogen-bond donors (Lipinski definition) is 0. The minimum atomic E-state index is -8.38. The van der Waals surface area contributed by atoms with Crippen molar-refractivity contribution in [3.8, 4) is 0 Å². The summed E-state index contributed by atoms with van der Waals surface area (Å²) in [4.78, 5) is 0. The molecule has 0 nitrogen and oxygen atoms in total. The third-order valence-corrected chi connectivity index (χ3v) is 6.55. The largest absolute Gasteiger partial charge is 0.389 e. The maximum absolute atomic E-state index is 13.5. The van der Waals surface area contributed by atoms with E-state index in [0.717, 1.165) is 0 Å². The Bertz CT molecular complexity index is 647. The molecule has 0 amide bonds. The van der Waals surface area contributed by atoms with Crippen LogP contribution >= 0.6 is 22.2 Å². The number of halogens is 19. The summed E-state index contributed by atoms with van der Waals surface area (Å²) in [5, 5.41) is 0. The maximum Gasteiger partial charge on any atom is 0.389 e. The highest BCUT2D eigenvalue weighted by Crippen LogP contribution is 2.64. The zero-order valence-electron chi connectivity index (χ0n) is 14.1. The standard InChI is InChI=1S/C11H7Cl2F17Si/c1-31(12,13)11(29,30)10(27,28)9(25,26)8(23,24)7(21,22)6(19,20)4(14,15)2-3-5(16,17)18/h2-3H2,1H3. The fraction of sp³-hybridized carbons (Fsp3) is 1.00. The topological polar surface area (TPSA) is 0 Å². The summed E-state index contributed by atoms with van der Waals surface area (Å²) in [6.07, 6.45) is -12.2. The van der Waals surface area contributed by atoms with Crippen molar-refractivity contribution in [2.24, 2.45) is 0 Å². The molecule has 0 aromatic heterocycles. The highest BCUT2D eigenvalue weighted by atomic mass is 35.7. The Morgan fingerprint density at radius 3 is 1.06 bits per heavy atom. The average Bonchev–Trinajstić information content (AvgIpc) is 2.50. The van der Waals surface area contributed by atoms with Crippen LogP contribution in [0.2, 0.25) is 6.55 Å². The Balaban J connectivity index is 6.56. The van der Waals surface area contributed by atoms with Crippen molar-refractivity contribution in [1.29, 1.82) is 0 Å². The molecule has 0 fully saturated rings. The second-order valence-corrected chi connectivity index (χ2v) is 13.7. The summed E-state index contributed by atoms with van der Waals surface area (Å²) < 4.78 is 223. The molecule has 0 bridgehead atoms. The summed E-state index contributed by atoms with van der Waals surface area (Å²) in [5.74, 6) is -47.3. The normalized spacial score (nSPS) is 16.6. The monoisotopic (exact) mass is 560 g/mol. The molecule has 0 N–H and O–H groups in total. The van der Waals surface area contributed by atoms with Gasteiger partial charge in [-0.2, -0.15) is 65.9 Å². The molecule has 0 atom stereocenters. The molecule has 0 rings (SSSR count). The van der Waals surface area contributed by atoms with Crippen LogP contribution in [0.3, 0.4) is 0 Å². The molecule has 0 aliphatic heterocycles. The van der Waals surface area contributed by atoms with E-state index < -0.39 is 66.8 Å². The van der Waals surface area contributed by atoms with Crippen LogP contribution in [0.15, 0.2) is 0 Å². The molecule has 188 valence electrons. The van der Waals surface area contributed by atoms with Gasteiger partial charge in [0, 0.05) is 12.8 Å². The van der Waals surface area contributed by atoms with Crippen LogP contribution in [-0.2, 0) is 0 Å². The van der Waals surface area contributed by atoms with Crippen LogP contribution in [-0.4, -0.2) is 54.0 Å².